The lowest BCUT2D eigenvalue weighted by Gasteiger charge is -2.11. The van der Waals surface area contributed by atoms with E-state index in [4.69, 9.17) is 5.11 Å². The molecule has 0 radical (unpaired) electrons. The van der Waals surface area contributed by atoms with Gasteiger partial charge in [-0.1, -0.05) is 0 Å². The minimum atomic E-state index is -5.05. The maximum absolute atomic E-state index is 11.9. The largest absolute Gasteiger partial charge is 0.453 e. The zero-order valence-corrected chi connectivity index (χ0v) is 6.86. The molecule has 0 amide bonds. The summed E-state index contributed by atoms with van der Waals surface area (Å²) >= 11 is 0. The molecule has 86 valence electrons. The quantitative estimate of drug-likeness (QED) is 0.758. The number of halogens is 6. The summed E-state index contributed by atoms with van der Waals surface area (Å²) in [6.07, 6.45) is -13.0. The van der Waals surface area contributed by atoms with Gasteiger partial charge in [-0.3, -0.25) is 0 Å². The molecule has 1 rings (SSSR count). The molecule has 0 saturated carbocycles. The Hall–Kier alpha value is -1.18. The van der Waals surface area contributed by atoms with Gasteiger partial charge in [0.25, 0.3) is 0 Å². The van der Waals surface area contributed by atoms with Crippen molar-refractivity contribution in [2.45, 2.75) is 18.5 Å². The molecule has 0 saturated heterocycles. The van der Waals surface area contributed by atoms with Crippen LogP contribution in [0.1, 0.15) is 17.6 Å². The van der Waals surface area contributed by atoms with Gasteiger partial charge in [0.15, 0.2) is 0 Å². The van der Waals surface area contributed by atoms with Crippen molar-refractivity contribution >= 4 is 0 Å². The molecular weight excluding hydrogens is 230 g/mol. The molecule has 2 nitrogen and oxygen atoms in total. The van der Waals surface area contributed by atoms with Crippen molar-refractivity contribution in [2.75, 3.05) is 0 Å². The van der Waals surface area contributed by atoms with Crippen LogP contribution in [0.2, 0.25) is 0 Å². The number of hydrogen-bond donors (Lipinski definition) is 1. The average Bonchev–Trinajstić information content (AvgIpc) is 2.47. The number of hydrogen-bond acceptors (Lipinski definition) is 2. The SMILES string of the molecule is OC(c1ccc(C(F)(F)F)o1)C(F)(F)F. The first kappa shape index (κ1) is 11.9. The van der Waals surface area contributed by atoms with Gasteiger partial charge in [-0.05, 0) is 12.1 Å². The highest BCUT2D eigenvalue weighted by molar-refractivity contribution is 5.12. The molecule has 1 atom stereocenters. The Bertz CT molecular complexity index is 336. The summed E-state index contributed by atoms with van der Waals surface area (Å²) in [5.74, 6) is -2.77. The van der Waals surface area contributed by atoms with Gasteiger partial charge >= 0.3 is 12.4 Å². The highest BCUT2D eigenvalue weighted by Gasteiger charge is 2.43. The van der Waals surface area contributed by atoms with Gasteiger partial charge < -0.3 is 9.52 Å². The van der Waals surface area contributed by atoms with Gasteiger partial charge in [0.2, 0.25) is 11.9 Å². The Morgan fingerprint density at radius 1 is 1.07 bits per heavy atom. The molecule has 0 aliphatic rings. The molecule has 1 N–H and O–H groups in total. The van der Waals surface area contributed by atoms with Crippen LogP contribution >= 0.6 is 0 Å². The van der Waals surface area contributed by atoms with Crippen LogP contribution in [0.5, 0.6) is 0 Å². The van der Waals surface area contributed by atoms with Gasteiger partial charge in [0.1, 0.15) is 5.76 Å². The van der Waals surface area contributed by atoms with E-state index in [1.54, 1.807) is 0 Å². The molecule has 1 unspecified atom stereocenters. The molecule has 15 heavy (non-hydrogen) atoms. The lowest BCUT2D eigenvalue weighted by atomic mass is 10.3. The van der Waals surface area contributed by atoms with Crippen LogP contribution < -0.4 is 0 Å². The molecule has 0 aliphatic carbocycles. The van der Waals surface area contributed by atoms with E-state index in [-0.39, 0.29) is 0 Å². The number of furan rings is 1. The maximum atomic E-state index is 11.9. The van der Waals surface area contributed by atoms with E-state index < -0.39 is 30.0 Å². The smallest absolute Gasteiger partial charge is 0.449 e. The Morgan fingerprint density at radius 2 is 1.60 bits per heavy atom. The van der Waals surface area contributed by atoms with Crippen molar-refractivity contribution in [3.63, 3.8) is 0 Å². The molecule has 0 spiro atoms. The van der Waals surface area contributed by atoms with Gasteiger partial charge in [-0.15, -0.1) is 0 Å². The summed E-state index contributed by atoms with van der Waals surface area (Å²) in [6.45, 7) is 0. The average molecular weight is 234 g/mol. The van der Waals surface area contributed by atoms with Crippen molar-refractivity contribution in [3.05, 3.63) is 23.7 Å². The third-order valence-electron chi connectivity index (χ3n) is 1.49. The second-order valence-corrected chi connectivity index (χ2v) is 2.64. The lowest BCUT2D eigenvalue weighted by Crippen LogP contribution is -2.19. The standard InChI is InChI=1S/C7H4F6O2/c8-6(9,10)4-2-1-3(15-4)5(14)7(11,12)13/h1-2,5,14H. The normalized spacial score (nSPS) is 15.4. The first-order valence-electron chi connectivity index (χ1n) is 3.54. The number of alkyl halides is 6. The molecule has 1 heterocycles. The molecule has 8 heteroatoms. The molecule has 0 fully saturated rings. The number of aliphatic hydroxyl groups is 1. The van der Waals surface area contributed by atoms with Gasteiger partial charge in [0, 0.05) is 0 Å². The predicted octanol–water partition coefficient (Wildman–Crippen LogP) is 2.89. The third kappa shape index (κ3) is 2.65. The molecule has 0 aromatic carbocycles. The first-order valence-corrected chi connectivity index (χ1v) is 3.54. The third-order valence-corrected chi connectivity index (χ3v) is 1.49. The second-order valence-electron chi connectivity index (χ2n) is 2.64. The van der Waals surface area contributed by atoms with E-state index in [0.717, 1.165) is 0 Å². The summed E-state index contributed by atoms with van der Waals surface area (Å²) in [5, 5.41) is 8.55. The Kier molecular flexibility index (Phi) is 2.73. The van der Waals surface area contributed by atoms with E-state index >= 15 is 0 Å². The molecule has 0 aliphatic heterocycles. The van der Waals surface area contributed by atoms with Crippen LogP contribution in [-0.4, -0.2) is 11.3 Å². The van der Waals surface area contributed by atoms with E-state index in [0.29, 0.717) is 12.1 Å². The highest BCUT2D eigenvalue weighted by Crippen LogP contribution is 2.37. The molecular formula is C7H4F6O2. The topological polar surface area (TPSA) is 33.4 Å². The van der Waals surface area contributed by atoms with Crippen LogP contribution in [0.4, 0.5) is 26.3 Å². The van der Waals surface area contributed by atoms with Crippen molar-refractivity contribution < 1.29 is 35.9 Å². The Balaban J connectivity index is 2.95. The number of rotatable bonds is 1. The summed E-state index contributed by atoms with van der Waals surface area (Å²) in [4.78, 5) is 0. The summed E-state index contributed by atoms with van der Waals surface area (Å²) in [7, 11) is 0. The van der Waals surface area contributed by atoms with Gasteiger partial charge in [-0.2, -0.15) is 26.3 Å². The van der Waals surface area contributed by atoms with E-state index in [9.17, 15) is 26.3 Å². The summed E-state index contributed by atoms with van der Waals surface area (Å²) in [6, 6.07) is 0.755. The van der Waals surface area contributed by atoms with E-state index in [1.807, 2.05) is 0 Å². The number of aliphatic hydroxyl groups excluding tert-OH is 1. The fourth-order valence-electron chi connectivity index (χ4n) is 0.813. The first-order chi connectivity index (χ1) is 6.62. The molecule has 0 bridgehead atoms. The van der Waals surface area contributed by atoms with Crippen molar-refractivity contribution in [1.82, 2.24) is 0 Å². The predicted molar refractivity (Wildman–Crippen MR) is 34.7 cm³/mol. The maximum Gasteiger partial charge on any atom is 0.449 e. The fraction of sp³-hybridized carbons (Fsp3) is 0.429. The monoisotopic (exact) mass is 234 g/mol. The molecule has 1 aromatic heterocycles. The zero-order valence-electron chi connectivity index (χ0n) is 6.86. The second kappa shape index (κ2) is 3.44. The van der Waals surface area contributed by atoms with Crippen molar-refractivity contribution in [2.24, 2.45) is 0 Å². The van der Waals surface area contributed by atoms with Crippen molar-refractivity contribution in [3.8, 4) is 0 Å². The minimum absolute atomic E-state index is 0.324. The van der Waals surface area contributed by atoms with Crippen LogP contribution in [-0.2, 0) is 6.18 Å². The van der Waals surface area contributed by atoms with Gasteiger partial charge in [0.05, 0.1) is 0 Å². The molecule has 1 aromatic rings. The Labute approximate surface area is 79.1 Å². The fourth-order valence-corrected chi connectivity index (χ4v) is 0.813. The van der Waals surface area contributed by atoms with Crippen molar-refractivity contribution in [1.29, 1.82) is 0 Å². The minimum Gasteiger partial charge on any atom is -0.453 e. The van der Waals surface area contributed by atoms with E-state index in [2.05, 4.69) is 4.42 Å². The van der Waals surface area contributed by atoms with Crippen LogP contribution in [0.15, 0.2) is 16.5 Å². The summed E-state index contributed by atoms with van der Waals surface area (Å²) in [5.41, 5.74) is 0. The Morgan fingerprint density at radius 3 is 1.93 bits per heavy atom. The van der Waals surface area contributed by atoms with Gasteiger partial charge in [-0.25, -0.2) is 0 Å². The van der Waals surface area contributed by atoms with Crippen LogP contribution in [0.3, 0.4) is 0 Å². The zero-order chi connectivity index (χ0) is 11.9. The highest BCUT2D eigenvalue weighted by atomic mass is 19.4. The lowest BCUT2D eigenvalue weighted by molar-refractivity contribution is -0.213. The summed E-state index contributed by atoms with van der Waals surface area (Å²) < 4.78 is 75.1. The van der Waals surface area contributed by atoms with Crippen LogP contribution in [0.25, 0.3) is 0 Å². The van der Waals surface area contributed by atoms with Crippen LogP contribution in [0, 0.1) is 0 Å². The van der Waals surface area contributed by atoms with E-state index in [1.165, 1.54) is 0 Å².